The van der Waals surface area contributed by atoms with E-state index in [1.54, 1.807) is 0 Å². The Morgan fingerprint density at radius 3 is 2.75 bits per heavy atom. The molecule has 0 bridgehead atoms. The van der Waals surface area contributed by atoms with Crippen molar-refractivity contribution in [3.05, 3.63) is 20.8 Å². The fraction of sp³-hybridized carbons (Fsp3) is 0.636. The number of rotatable bonds is 8. The number of H-pyrrole nitrogens is 1. The molecule has 0 saturated carbocycles. The second-order valence-electron chi connectivity index (χ2n) is 4.02. The van der Waals surface area contributed by atoms with Crippen molar-refractivity contribution in [1.82, 2.24) is 9.55 Å². The minimum atomic E-state index is -0.933. The summed E-state index contributed by atoms with van der Waals surface area (Å²) in [4.78, 5) is 25.5. The Morgan fingerprint density at radius 2 is 2.15 bits per heavy atom. The van der Waals surface area contributed by atoms with E-state index in [2.05, 4.69) is 10.3 Å². The van der Waals surface area contributed by atoms with E-state index < -0.39 is 22.0 Å². The zero-order valence-corrected chi connectivity index (χ0v) is 12.4. The number of methoxy groups -OCH3 is 1. The van der Waals surface area contributed by atoms with Crippen LogP contribution in [0.1, 0.15) is 6.92 Å². The third-order valence-electron chi connectivity index (χ3n) is 2.71. The Morgan fingerprint density at radius 1 is 1.45 bits per heavy atom. The van der Waals surface area contributed by atoms with Gasteiger partial charge in [-0.1, -0.05) is 6.92 Å². The van der Waals surface area contributed by atoms with Crippen LogP contribution < -0.4 is 22.3 Å². The van der Waals surface area contributed by atoms with Crippen molar-refractivity contribution in [3.8, 4) is 0 Å². The zero-order valence-electron chi connectivity index (χ0n) is 11.6. The Kier molecular flexibility index (Phi) is 6.46. The molecule has 1 unspecified atom stereocenters. The van der Waals surface area contributed by atoms with Crippen molar-refractivity contribution in [1.29, 1.82) is 0 Å². The first-order chi connectivity index (χ1) is 9.51. The summed E-state index contributed by atoms with van der Waals surface area (Å²) in [6.07, 6.45) is 0. The molecule has 1 atom stereocenters. The first-order valence-electron chi connectivity index (χ1n) is 6.21. The van der Waals surface area contributed by atoms with Gasteiger partial charge in [0.15, 0.2) is 0 Å². The number of nitrogens with two attached hydrogens (primary N) is 1. The highest BCUT2D eigenvalue weighted by atomic mass is 32.2. The van der Waals surface area contributed by atoms with Gasteiger partial charge in [-0.05, 0) is 0 Å². The second-order valence-corrected chi connectivity index (χ2v) is 5.89. The van der Waals surface area contributed by atoms with E-state index in [1.807, 2.05) is 6.92 Å². The first-order valence-corrected chi connectivity index (χ1v) is 7.70. The van der Waals surface area contributed by atoms with Gasteiger partial charge in [-0.3, -0.25) is 18.6 Å². The minimum Gasteiger partial charge on any atom is -0.383 e. The normalized spacial score (nSPS) is 12.3. The lowest BCUT2D eigenvalue weighted by molar-refractivity contribution is 0.186. The number of aromatic amines is 1. The summed E-state index contributed by atoms with van der Waals surface area (Å²) in [6.45, 7) is 2.71. The fourth-order valence-electron chi connectivity index (χ4n) is 1.60. The maximum absolute atomic E-state index is 11.7. The van der Waals surface area contributed by atoms with Crippen LogP contribution in [0.25, 0.3) is 0 Å². The molecular weight excluding hydrogens is 284 g/mol. The molecule has 0 aliphatic rings. The van der Waals surface area contributed by atoms with Crippen LogP contribution in [0.2, 0.25) is 0 Å². The summed E-state index contributed by atoms with van der Waals surface area (Å²) in [7, 11) is 0.574. The quantitative estimate of drug-likeness (QED) is 0.563. The summed E-state index contributed by atoms with van der Waals surface area (Å²) in [5, 5.41) is 2.83. The molecule has 20 heavy (non-hydrogen) atoms. The Bertz CT molecular complexity index is 581. The van der Waals surface area contributed by atoms with E-state index in [4.69, 9.17) is 10.5 Å². The number of hydrogen-bond acceptors (Lipinski definition) is 6. The van der Waals surface area contributed by atoms with E-state index >= 15 is 0 Å². The maximum atomic E-state index is 11.7. The van der Waals surface area contributed by atoms with Gasteiger partial charge in [0.2, 0.25) is 0 Å². The summed E-state index contributed by atoms with van der Waals surface area (Å²) in [5.41, 5.74) is 4.79. The zero-order chi connectivity index (χ0) is 15.1. The molecule has 1 heterocycles. The lowest BCUT2D eigenvalue weighted by Gasteiger charge is -2.13. The number of nitrogens with one attached hydrogen (secondary N) is 2. The van der Waals surface area contributed by atoms with E-state index in [0.29, 0.717) is 24.7 Å². The Labute approximate surface area is 118 Å². The van der Waals surface area contributed by atoms with Crippen LogP contribution in [0.3, 0.4) is 0 Å². The van der Waals surface area contributed by atoms with Gasteiger partial charge < -0.3 is 15.8 Å². The molecule has 0 radical (unpaired) electrons. The van der Waals surface area contributed by atoms with Crippen molar-refractivity contribution in [3.63, 3.8) is 0 Å². The third kappa shape index (κ3) is 4.20. The van der Waals surface area contributed by atoms with E-state index in [0.717, 1.165) is 0 Å². The van der Waals surface area contributed by atoms with Crippen molar-refractivity contribution >= 4 is 22.3 Å². The summed E-state index contributed by atoms with van der Waals surface area (Å²) in [6, 6.07) is 0. The lowest BCUT2D eigenvalue weighted by Crippen LogP contribution is -2.35. The van der Waals surface area contributed by atoms with Crippen LogP contribution in [0, 0.1) is 0 Å². The van der Waals surface area contributed by atoms with Crippen molar-refractivity contribution in [2.45, 2.75) is 13.5 Å². The van der Waals surface area contributed by atoms with Gasteiger partial charge in [0.25, 0.3) is 5.56 Å². The summed E-state index contributed by atoms with van der Waals surface area (Å²) >= 11 is 0. The molecule has 0 aliphatic heterocycles. The predicted molar refractivity (Wildman–Crippen MR) is 79.7 cm³/mol. The molecule has 0 fully saturated rings. The molecule has 1 aromatic heterocycles. The van der Waals surface area contributed by atoms with Crippen LogP contribution in [0.5, 0.6) is 0 Å². The molecule has 1 aromatic rings. The molecule has 9 heteroatoms. The van der Waals surface area contributed by atoms with Crippen LogP contribution >= 0.6 is 0 Å². The number of anilines is 2. The topological polar surface area (TPSA) is 119 Å². The molecule has 8 nitrogen and oxygen atoms in total. The van der Waals surface area contributed by atoms with Crippen molar-refractivity contribution in [2.75, 3.05) is 42.8 Å². The lowest BCUT2D eigenvalue weighted by atomic mass is 10.4. The SMILES string of the molecule is CCS(=O)CCNc1c(N)n(CCOC)c(=O)[nH]c1=O. The number of ether oxygens (including phenoxy) is 1. The maximum Gasteiger partial charge on any atom is 0.330 e. The molecule has 0 aromatic carbocycles. The van der Waals surface area contributed by atoms with Crippen LogP contribution in [-0.2, 0) is 22.1 Å². The number of aromatic nitrogens is 2. The molecule has 0 spiro atoms. The summed E-state index contributed by atoms with van der Waals surface area (Å²) < 4.78 is 17.4. The van der Waals surface area contributed by atoms with Gasteiger partial charge in [0.1, 0.15) is 11.5 Å². The van der Waals surface area contributed by atoms with Crippen molar-refractivity contribution in [2.24, 2.45) is 0 Å². The van der Waals surface area contributed by atoms with Crippen molar-refractivity contribution < 1.29 is 8.95 Å². The fourth-order valence-corrected chi connectivity index (χ4v) is 2.22. The van der Waals surface area contributed by atoms with Gasteiger partial charge in [-0.2, -0.15) is 0 Å². The second kappa shape index (κ2) is 7.85. The van der Waals surface area contributed by atoms with Gasteiger partial charge >= 0.3 is 5.69 Å². The van der Waals surface area contributed by atoms with Gasteiger partial charge in [0.05, 0.1) is 13.2 Å². The van der Waals surface area contributed by atoms with E-state index in [-0.39, 0.29) is 18.1 Å². The molecule has 0 amide bonds. The van der Waals surface area contributed by atoms with E-state index in [9.17, 15) is 13.8 Å². The summed E-state index contributed by atoms with van der Waals surface area (Å²) in [5.74, 6) is 1.02. The molecular formula is C11H20N4O4S. The highest BCUT2D eigenvalue weighted by molar-refractivity contribution is 7.84. The van der Waals surface area contributed by atoms with Crippen LogP contribution in [-0.4, -0.2) is 45.5 Å². The third-order valence-corrected chi connectivity index (χ3v) is 4.02. The van der Waals surface area contributed by atoms with E-state index in [1.165, 1.54) is 11.7 Å². The monoisotopic (exact) mass is 304 g/mol. The molecule has 1 rings (SSSR count). The van der Waals surface area contributed by atoms with Crippen LogP contribution in [0.15, 0.2) is 9.59 Å². The van der Waals surface area contributed by atoms with Gasteiger partial charge in [-0.25, -0.2) is 4.79 Å². The average Bonchev–Trinajstić information content (AvgIpc) is 2.41. The smallest absolute Gasteiger partial charge is 0.330 e. The molecule has 114 valence electrons. The number of nitrogen functional groups attached to an aromatic ring is 1. The highest BCUT2D eigenvalue weighted by Crippen LogP contribution is 2.09. The van der Waals surface area contributed by atoms with Gasteiger partial charge in [0, 0.05) is 36.0 Å². The molecule has 0 aliphatic carbocycles. The minimum absolute atomic E-state index is 0.0538. The number of hydrogen-bond donors (Lipinski definition) is 3. The van der Waals surface area contributed by atoms with Crippen LogP contribution in [0.4, 0.5) is 11.5 Å². The standard InChI is InChI=1S/C11H20N4O4S/c1-3-20(18)7-4-13-8-9(12)15(5-6-19-2)11(17)14-10(8)16/h13H,3-7,12H2,1-2H3,(H,14,16,17). The average molecular weight is 304 g/mol. The molecule has 4 N–H and O–H groups in total. The molecule has 0 saturated heterocycles. The predicted octanol–water partition coefficient (Wildman–Crippen LogP) is -1.05. The first kappa shape index (κ1) is 16.4. The Balaban J connectivity index is 2.92. The largest absolute Gasteiger partial charge is 0.383 e. The highest BCUT2D eigenvalue weighted by Gasteiger charge is 2.11. The Hall–Kier alpha value is -1.61. The van der Waals surface area contributed by atoms with Gasteiger partial charge in [-0.15, -0.1) is 0 Å². The number of nitrogens with zero attached hydrogens (tertiary/aromatic N) is 1.